The van der Waals surface area contributed by atoms with Gasteiger partial charge in [-0.05, 0) is 30.3 Å². The van der Waals surface area contributed by atoms with Gasteiger partial charge in [-0.3, -0.25) is 4.79 Å². The summed E-state index contributed by atoms with van der Waals surface area (Å²) in [6, 6.07) is 8.25. The molecule has 0 bridgehead atoms. The number of ether oxygens (including phenoxy) is 1. The maximum absolute atomic E-state index is 12.2. The van der Waals surface area contributed by atoms with Crippen LogP contribution in [0.2, 0.25) is 0 Å². The first-order valence-corrected chi connectivity index (χ1v) is 9.00. The molecule has 9 nitrogen and oxygen atoms in total. The van der Waals surface area contributed by atoms with Gasteiger partial charge in [-0.1, -0.05) is 6.07 Å². The van der Waals surface area contributed by atoms with Crippen LogP contribution in [0.5, 0.6) is 0 Å². The molecule has 0 atom stereocenters. The van der Waals surface area contributed by atoms with Gasteiger partial charge in [0.05, 0.1) is 18.0 Å². The number of carboxylic acids is 1. The molecule has 10 heteroatoms. The van der Waals surface area contributed by atoms with Crippen molar-refractivity contribution >= 4 is 21.9 Å². The summed E-state index contributed by atoms with van der Waals surface area (Å²) in [5.74, 6) is -1.70. The molecule has 0 fully saturated rings. The van der Waals surface area contributed by atoms with Crippen molar-refractivity contribution < 1.29 is 32.3 Å². The van der Waals surface area contributed by atoms with Gasteiger partial charge in [0.25, 0.3) is 5.91 Å². The highest BCUT2D eigenvalue weighted by Crippen LogP contribution is 2.12. The fraction of sp³-hybridized carbons (Fsp3) is 0.250. The van der Waals surface area contributed by atoms with Crippen molar-refractivity contribution in [2.24, 2.45) is 0 Å². The molecule has 0 aliphatic carbocycles. The van der Waals surface area contributed by atoms with E-state index in [9.17, 15) is 18.0 Å². The number of amides is 1. The molecule has 1 aromatic heterocycles. The average Bonchev–Trinajstić information content (AvgIpc) is 3.09. The van der Waals surface area contributed by atoms with Crippen molar-refractivity contribution in [1.29, 1.82) is 0 Å². The third-order valence-electron chi connectivity index (χ3n) is 3.30. The second kappa shape index (κ2) is 8.61. The van der Waals surface area contributed by atoms with Crippen molar-refractivity contribution in [3.8, 4) is 0 Å². The van der Waals surface area contributed by atoms with E-state index in [1.165, 1.54) is 43.5 Å². The number of carbonyl (C=O) groups excluding carboxylic acids is 1. The van der Waals surface area contributed by atoms with Crippen LogP contribution in [0.15, 0.2) is 45.7 Å². The van der Waals surface area contributed by atoms with E-state index in [2.05, 4.69) is 10.0 Å². The number of carbonyl (C=O) groups is 2. The fourth-order valence-corrected chi connectivity index (χ4v) is 3.08. The van der Waals surface area contributed by atoms with Gasteiger partial charge in [0.1, 0.15) is 5.76 Å². The van der Waals surface area contributed by atoms with E-state index in [1.807, 2.05) is 0 Å². The Morgan fingerprint density at radius 3 is 2.65 bits per heavy atom. The van der Waals surface area contributed by atoms with E-state index in [4.69, 9.17) is 14.3 Å². The van der Waals surface area contributed by atoms with E-state index in [0.717, 1.165) is 0 Å². The smallest absolute Gasteiger partial charge is 0.371 e. The highest BCUT2D eigenvalue weighted by molar-refractivity contribution is 7.89. The number of sulfonamides is 1. The maximum atomic E-state index is 12.2. The van der Waals surface area contributed by atoms with Gasteiger partial charge >= 0.3 is 5.97 Å². The number of carboxylic acid groups (broad SMARTS) is 1. The Morgan fingerprint density at radius 1 is 1.23 bits per heavy atom. The van der Waals surface area contributed by atoms with E-state index in [-0.39, 0.29) is 41.7 Å². The molecule has 0 aliphatic rings. The summed E-state index contributed by atoms with van der Waals surface area (Å²) in [5.41, 5.74) is 0.143. The minimum atomic E-state index is -3.76. The fourth-order valence-electron chi connectivity index (χ4n) is 2.02. The summed E-state index contributed by atoms with van der Waals surface area (Å²) in [7, 11) is -2.30. The molecule has 2 aromatic rings. The first-order valence-electron chi connectivity index (χ1n) is 7.52. The summed E-state index contributed by atoms with van der Waals surface area (Å²) in [4.78, 5) is 22.9. The standard InChI is InChI=1S/C16H18N2O7S/c1-24-8-7-18-26(22,23)13-4-2-3-11(9-13)15(19)17-10-12-5-6-14(25-12)16(20)21/h2-6,9,18H,7-8,10H2,1H3,(H,17,19)(H,20,21). The van der Waals surface area contributed by atoms with Gasteiger partial charge in [-0.25, -0.2) is 17.9 Å². The molecule has 1 amide bonds. The number of furan rings is 1. The van der Waals surface area contributed by atoms with Crippen molar-refractivity contribution in [3.05, 3.63) is 53.5 Å². The number of nitrogens with one attached hydrogen (secondary N) is 2. The van der Waals surface area contributed by atoms with Crippen LogP contribution in [0.3, 0.4) is 0 Å². The monoisotopic (exact) mass is 382 g/mol. The number of aromatic carboxylic acids is 1. The molecule has 1 heterocycles. The van der Waals surface area contributed by atoms with E-state index >= 15 is 0 Å². The minimum absolute atomic E-state index is 0.0326. The van der Waals surface area contributed by atoms with Crippen LogP contribution in [0.25, 0.3) is 0 Å². The van der Waals surface area contributed by atoms with E-state index in [0.29, 0.717) is 0 Å². The number of benzene rings is 1. The van der Waals surface area contributed by atoms with Crippen molar-refractivity contribution in [3.63, 3.8) is 0 Å². The molecule has 0 spiro atoms. The molecule has 0 radical (unpaired) electrons. The quantitative estimate of drug-likeness (QED) is 0.547. The minimum Gasteiger partial charge on any atom is -0.475 e. The number of hydrogen-bond acceptors (Lipinski definition) is 6. The Bertz CT molecular complexity index is 890. The normalized spacial score (nSPS) is 11.3. The van der Waals surface area contributed by atoms with Gasteiger partial charge in [-0.15, -0.1) is 0 Å². The first-order chi connectivity index (χ1) is 12.3. The summed E-state index contributed by atoms with van der Waals surface area (Å²) >= 11 is 0. The zero-order valence-corrected chi connectivity index (χ0v) is 14.7. The van der Waals surface area contributed by atoms with Gasteiger partial charge in [0.2, 0.25) is 15.8 Å². The largest absolute Gasteiger partial charge is 0.475 e. The molecule has 0 saturated heterocycles. The highest BCUT2D eigenvalue weighted by Gasteiger charge is 2.16. The van der Waals surface area contributed by atoms with Crippen molar-refractivity contribution in [1.82, 2.24) is 10.0 Å². The molecular formula is C16H18N2O7S. The summed E-state index contributed by atoms with van der Waals surface area (Å²) in [5, 5.41) is 11.3. The predicted octanol–water partition coefficient (Wildman–Crippen LogP) is 0.832. The van der Waals surface area contributed by atoms with Crippen LogP contribution in [0.1, 0.15) is 26.7 Å². The van der Waals surface area contributed by atoms with Crippen LogP contribution < -0.4 is 10.0 Å². The topological polar surface area (TPSA) is 135 Å². The lowest BCUT2D eigenvalue weighted by atomic mass is 10.2. The number of rotatable bonds is 9. The third-order valence-corrected chi connectivity index (χ3v) is 4.76. The maximum Gasteiger partial charge on any atom is 0.371 e. The SMILES string of the molecule is COCCNS(=O)(=O)c1cccc(C(=O)NCc2ccc(C(=O)O)o2)c1. The molecule has 0 aliphatic heterocycles. The number of hydrogen-bond donors (Lipinski definition) is 3. The first kappa shape index (κ1) is 19.6. The number of methoxy groups -OCH3 is 1. The van der Waals surface area contributed by atoms with Crippen LogP contribution in [-0.4, -0.2) is 45.7 Å². The van der Waals surface area contributed by atoms with Gasteiger partial charge in [-0.2, -0.15) is 0 Å². The Hall–Kier alpha value is -2.69. The average molecular weight is 382 g/mol. The van der Waals surface area contributed by atoms with Crippen LogP contribution >= 0.6 is 0 Å². The lowest BCUT2D eigenvalue weighted by Gasteiger charge is -2.08. The van der Waals surface area contributed by atoms with Crippen LogP contribution in [0.4, 0.5) is 0 Å². The predicted molar refractivity (Wildman–Crippen MR) is 90.3 cm³/mol. The molecule has 0 saturated carbocycles. The molecule has 2 rings (SSSR count). The summed E-state index contributed by atoms with van der Waals surface area (Å²) < 4.78 is 36.5. The zero-order chi connectivity index (χ0) is 19.2. The Morgan fingerprint density at radius 2 is 2.00 bits per heavy atom. The van der Waals surface area contributed by atoms with Crippen molar-refractivity contribution in [2.45, 2.75) is 11.4 Å². The van der Waals surface area contributed by atoms with Gasteiger partial charge in [0.15, 0.2) is 0 Å². The van der Waals surface area contributed by atoms with Gasteiger partial charge in [0, 0.05) is 19.2 Å². The molecule has 1 aromatic carbocycles. The Kier molecular flexibility index (Phi) is 6.50. The summed E-state index contributed by atoms with van der Waals surface area (Å²) in [6.07, 6.45) is 0. The van der Waals surface area contributed by atoms with E-state index < -0.39 is 21.9 Å². The second-order valence-electron chi connectivity index (χ2n) is 5.17. The molecule has 26 heavy (non-hydrogen) atoms. The molecular weight excluding hydrogens is 364 g/mol. The Labute approximate surface area is 150 Å². The molecule has 140 valence electrons. The van der Waals surface area contributed by atoms with E-state index in [1.54, 1.807) is 0 Å². The van der Waals surface area contributed by atoms with Gasteiger partial charge < -0.3 is 19.6 Å². The summed E-state index contributed by atoms with van der Waals surface area (Å²) in [6.45, 7) is 0.301. The van der Waals surface area contributed by atoms with Crippen LogP contribution in [-0.2, 0) is 21.3 Å². The molecule has 3 N–H and O–H groups in total. The highest BCUT2D eigenvalue weighted by atomic mass is 32.2. The van der Waals surface area contributed by atoms with Crippen molar-refractivity contribution in [2.75, 3.05) is 20.3 Å². The zero-order valence-electron chi connectivity index (χ0n) is 13.9. The lowest BCUT2D eigenvalue weighted by molar-refractivity contribution is 0.0660. The van der Waals surface area contributed by atoms with Crippen LogP contribution in [0, 0.1) is 0 Å². The third kappa shape index (κ3) is 5.15. The second-order valence-corrected chi connectivity index (χ2v) is 6.94. The lowest BCUT2D eigenvalue weighted by Crippen LogP contribution is -2.28. The Balaban J connectivity index is 2.03. The molecule has 0 unspecified atom stereocenters.